The molecule has 1 aliphatic heterocycles. The topological polar surface area (TPSA) is 89.7 Å². The first-order valence-corrected chi connectivity index (χ1v) is 8.83. The first-order valence-electron chi connectivity index (χ1n) is 7.18. The lowest BCUT2D eigenvalue weighted by atomic mass is 10.3. The number of rotatable bonds is 7. The standard InChI is InChI=1S/C15H19FN2O4S/c16-8-12(9-17)10-22-13-3-5-14(6-4-13)23(20,21)11-18-7-1-2-15(18)19/h3-6,8H,1-2,7,9-11,17H2/b12-8+. The van der Waals surface area contributed by atoms with Gasteiger partial charge in [-0.15, -0.1) is 0 Å². The van der Waals surface area contributed by atoms with Crippen LogP contribution >= 0.6 is 0 Å². The van der Waals surface area contributed by atoms with Crippen molar-refractivity contribution in [1.82, 2.24) is 4.90 Å². The Morgan fingerprint density at radius 2 is 2.04 bits per heavy atom. The van der Waals surface area contributed by atoms with E-state index < -0.39 is 9.84 Å². The molecule has 1 heterocycles. The molecule has 1 aromatic carbocycles. The molecule has 2 N–H and O–H groups in total. The Hall–Kier alpha value is -1.93. The Kier molecular flexibility index (Phi) is 5.73. The van der Waals surface area contributed by atoms with E-state index in [1.807, 2.05) is 0 Å². The summed E-state index contributed by atoms with van der Waals surface area (Å²) in [4.78, 5) is 13.0. The molecule has 1 saturated heterocycles. The largest absolute Gasteiger partial charge is 0.489 e. The molecule has 0 bridgehead atoms. The van der Waals surface area contributed by atoms with E-state index in [9.17, 15) is 17.6 Å². The highest BCUT2D eigenvalue weighted by Gasteiger charge is 2.26. The Morgan fingerprint density at radius 1 is 1.35 bits per heavy atom. The fourth-order valence-electron chi connectivity index (χ4n) is 2.17. The molecule has 8 heteroatoms. The summed E-state index contributed by atoms with van der Waals surface area (Å²) < 4.78 is 42.3. The van der Waals surface area contributed by atoms with Crippen LogP contribution in [0.25, 0.3) is 0 Å². The third-order valence-electron chi connectivity index (χ3n) is 3.52. The first-order chi connectivity index (χ1) is 11.0. The van der Waals surface area contributed by atoms with Crippen LogP contribution in [0.1, 0.15) is 12.8 Å². The number of likely N-dealkylation sites (tertiary alicyclic amines) is 1. The van der Waals surface area contributed by atoms with Gasteiger partial charge in [-0.05, 0) is 30.7 Å². The van der Waals surface area contributed by atoms with Crippen LogP contribution in [0, 0.1) is 0 Å². The molecule has 0 aliphatic carbocycles. The minimum Gasteiger partial charge on any atom is -0.489 e. The Balaban J connectivity index is 2.02. The average Bonchev–Trinajstić information content (AvgIpc) is 2.93. The molecule has 0 radical (unpaired) electrons. The normalized spacial score (nSPS) is 16.0. The molecule has 1 amide bonds. The number of nitrogens with two attached hydrogens (primary N) is 1. The predicted octanol–water partition coefficient (Wildman–Crippen LogP) is 1.23. The lowest BCUT2D eigenvalue weighted by molar-refractivity contribution is -0.126. The number of halogens is 1. The van der Waals surface area contributed by atoms with Crippen molar-refractivity contribution in [2.24, 2.45) is 5.73 Å². The zero-order valence-electron chi connectivity index (χ0n) is 12.6. The van der Waals surface area contributed by atoms with E-state index in [-0.39, 0.29) is 29.8 Å². The fraction of sp³-hybridized carbons (Fsp3) is 0.400. The van der Waals surface area contributed by atoms with Crippen LogP contribution in [0.2, 0.25) is 0 Å². The van der Waals surface area contributed by atoms with Crippen LogP contribution in [0.5, 0.6) is 5.75 Å². The molecule has 0 spiro atoms. The van der Waals surface area contributed by atoms with Gasteiger partial charge < -0.3 is 15.4 Å². The third kappa shape index (κ3) is 4.52. The summed E-state index contributed by atoms with van der Waals surface area (Å²) in [5.74, 6) is -0.0385. The summed E-state index contributed by atoms with van der Waals surface area (Å²) in [6, 6.07) is 5.80. The van der Waals surface area contributed by atoms with Gasteiger partial charge in [0.1, 0.15) is 18.2 Å². The maximum atomic E-state index is 12.4. The summed E-state index contributed by atoms with van der Waals surface area (Å²) in [6.45, 7) is 0.519. The van der Waals surface area contributed by atoms with Gasteiger partial charge in [0, 0.05) is 25.1 Å². The second-order valence-corrected chi connectivity index (χ2v) is 7.20. The number of nitrogens with zero attached hydrogens (tertiary/aromatic N) is 1. The van der Waals surface area contributed by atoms with Crippen molar-refractivity contribution in [2.45, 2.75) is 17.7 Å². The van der Waals surface area contributed by atoms with Gasteiger partial charge in [-0.25, -0.2) is 12.8 Å². The highest BCUT2D eigenvalue weighted by molar-refractivity contribution is 7.91. The van der Waals surface area contributed by atoms with Crippen LogP contribution < -0.4 is 10.5 Å². The van der Waals surface area contributed by atoms with Crippen molar-refractivity contribution >= 4 is 15.7 Å². The van der Waals surface area contributed by atoms with Gasteiger partial charge in [-0.2, -0.15) is 0 Å². The number of benzene rings is 1. The van der Waals surface area contributed by atoms with E-state index in [1.165, 1.54) is 29.2 Å². The monoisotopic (exact) mass is 342 g/mol. The van der Waals surface area contributed by atoms with Gasteiger partial charge in [0.25, 0.3) is 0 Å². The smallest absolute Gasteiger partial charge is 0.223 e. The first kappa shape index (κ1) is 17.4. The van der Waals surface area contributed by atoms with E-state index >= 15 is 0 Å². The van der Waals surface area contributed by atoms with E-state index in [0.29, 0.717) is 37.0 Å². The molecule has 1 aromatic rings. The van der Waals surface area contributed by atoms with Crippen LogP contribution in [0.15, 0.2) is 41.1 Å². The fourth-order valence-corrected chi connectivity index (χ4v) is 3.56. The van der Waals surface area contributed by atoms with E-state index in [0.717, 1.165) is 0 Å². The van der Waals surface area contributed by atoms with Gasteiger partial charge in [-0.1, -0.05) is 0 Å². The van der Waals surface area contributed by atoms with Crippen molar-refractivity contribution in [3.05, 3.63) is 36.2 Å². The molecule has 1 aliphatic rings. The van der Waals surface area contributed by atoms with Gasteiger partial charge in [0.2, 0.25) is 5.91 Å². The molecule has 0 atom stereocenters. The number of ether oxygens (including phenoxy) is 1. The average molecular weight is 342 g/mol. The highest BCUT2D eigenvalue weighted by Crippen LogP contribution is 2.20. The number of hydrogen-bond donors (Lipinski definition) is 1. The van der Waals surface area contributed by atoms with Crippen molar-refractivity contribution in [3.63, 3.8) is 0 Å². The zero-order chi connectivity index (χ0) is 16.9. The summed E-state index contributed by atoms with van der Waals surface area (Å²) >= 11 is 0. The number of amides is 1. The second-order valence-electron chi connectivity index (χ2n) is 5.24. The van der Waals surface area contributed by atoms with Crippen LogP contribution in [0.4, 0.5) is 4.39 Å². The summed E-state index contributed by atoms with van der Waals surface area (Å²) in [5.41, 5.74) is 5.62. The quantitative estimate of drug-likeness (QED) is 0.805. The minimum atomic E-state index is -3.58. The maximum absolute atomic E-state index is 12.4. The molecule has 23 heavy (non-hydrogen) atoms. The van der Waals surface area contributed by atoms with Crippen LogP contribution in [-0.4, -0.2) is 44.8 Å². The molecule has 126 valence electrons. The molecule has 1 fully saturated rings. The summed E-state index contributed by atoms with van der Waals surface area (Å²) in [6.07, 6.45) is 1.48. The molecular formula is C15H19FN2O4S. The van der Waals surface area contributed by atoms with Crippen molar-refractivity contribution < 1.29 is 22.3 Å². The zero-order valence-corrected chi connectivity index (χ0v) is 13.4. The number of hydrogen-bond acceptors (Lipinski definition) is 5. The predicted molar refractivity (Wildman–Crippen MR) is 83.2 cm³/mol. The molecule has 0 unspecified atom stereocenters. The maximum Gasteiger partial charge on any atom is 0.223 e. The Labute approximate surface area is 134 Å². The molecular weight excluding hydrogens is 323 g/mol. The summed E-state index contributed by atoms with van der Waals surface area (Å²) in [5, 5.41) is 0. The van der Waals surface area contributed by atoms with Gasteiger partial charge in [-0.3, -0.25) is 4.79 Å². The second kappa shape index (κ2) is 7.56. The van der Waals surface area contributed by atoms with Crippen LogP contribution in [0.3, 0.4) is 0 Å². The third-order valence-corrected chi connectivity index (χ3v) is 5.16. The molecule has 2 rings (SSSR count). The lowest BCUT2D eigenvalue weighted by Crippen LogP contribution is -2.30. The Morgan fingerprint density at radius 3 is 2.57 bits per heavy atom. The molecule has 0 saturated carbocycles. The van der Waals surface area contributed by atoms with Crippen molar-refractivity contribution in [3.8, 4) is 5.75 Å². The SMILES string of the molecule is NC/C(=C\F)COc1ccc(S(=O)(=O)CN2CCCC2=O)cc1. The van der Waals surface area contributed by atoms with E-state index in [2.05, 4.69) is 0 Å². The number of carbonyl (C=O) groups is 1. The highest BCUT2D eigenvalue weighted by atomic mass is 32.2. The van der Waals surface area contributed by atoms with E-state index in [4.69, 9.17) is 10.5 Å². The van der Waals surface area contributed by atoms with Gasteiger partial charge in [0.05, 0.1) is 11.2 Å². The number of carbonyl (C=O) groups excluding carboxylic acids is 1. The number of sulfone groups is 1. The van der Waals surface area contributed by atoms with Crippen LogP contribution in [-0.2, 0) is 14.6 Å². The minimum absolute atomic E-state index is 0.00137. The lowest BCUT2D eigenvalue weighted by Gasteiger charge is -2.15. The van der Waals surface area contributed by atoms with Gasteiger partial charge in [0.15, 0.2) is 9.84 Å². The van der Waals surface area contributed by atoms with E-state index in [1.54, 1.807) is 0 Å². The molecule has 6 nitrogen and oxygen atoms in total. The Bertz CT molecular complexity index is 686. The van der Waals surface area contributed by atoms with Gasteiger partial charge >= 0.3 is 0 Å². The van der Waals surface area contributed by atoms with Crippen molar-refractivity contribution in [2.75, 3.05) is 25.6 Å². The summed E-state index contributed by atoms with van der Waals surface area (Å²) in [7, 11) is -3.58. The van der Waals surface area contributed by atoms with Crippen molar-refractivity contribution in [1.29, 1.82) is 0 Å². The molecule has 0 aromatic heterocycles.